The lowest BCUT2D eigenvalue weighted by atomic mass is 10.4. The molecule has 0 fully saturated rings. The van der Waals surface area contributed by atoms with Crippen LogP contribution in [-0.4, -0.2) is 21.7 Å². The molecule has 2 rings (SSSR count). The molecule has 0 saturated heterocycles. The molecule has 0 saturated carbocycles. The van der Waals surface area contributed by atoms with E-state index < -0.39 is 0 Å². The van der Waals surface area contributed by atoms with Crippen LogP contribution in [0.2, 0.25) is 0 Å². The summed E-state index contributed by atoms with van der Waals surface area (Å²) < 4.78 is 1.47. The molecule has 12 heavy (non-hydrogen) atoms. The molecule has 62 valence electrons. The second-order valence-electron chi connectivity index (χ2n) is 2.43. The average molecular weight is 163 g/mol. The van der Waals surface area contributed by atoms with Crippen LogP contribution in [0, 0.1) is 0 Å². The highest BCUT2D eigenvalue weighted by Crippen LogP contribution is 2.17. The van der Waals surface area contributed by atoms with Crippen LogP contribution in [0.3, 0.4) is 0 Å². The maximum atomic E-state index is 5.60. The van der Waals surface area contributed by atoms with Crippen molar-refractivity contribution in [2.24, 2.45) is 0 Å². The number of nitrogens with one attached hydrogen (secondary N) is 1. The molecule has 0 spiro atoms. The van der Waals surface area contributed by atoms with Gasteiger partial charge >= 0.3 is 0 Å². The topological polar surface area (TPSA) is 68.8 Å². The van der Waals surface area contributed by atoms with E-state index in [0.29, 0.717) is 0 Å². The van der Waals surface area contributed by atoms with Crippen molar-refractivity contribution in [2.45, 2.75) is 0 Å². The maximum absolute atomic E-state index is 5.60. The predicted octanol–water partition coefficient (Wildman–Crippen LogP) is 0.187. The second-order valence-corrected chi connectivity index (χ2v) is 2.43. The van der Waals surface area contributed by atoms with Crippen molar-refractivity contribution in [3.05, 3.63) is 18.6 Å². The number of nitrogens with two attached hydrogens (primary N) is 1. The highest BCUT2D eigenvalue weighted by molar-refractivity contribution is 5.87. The molecule has 0 unspecified atom stereocenters. The minimum Gasteiger partial charge on any atom is -0.372 e. The van der Waals surface area contributed by atoms with Crippen molar-refractivity contribution in [2.75, 3.05) is 18.2 Å². The number of hydrogen-bond acceptors (Lipinski definition) is 4. The van der Waals surface area contributed by atoms with Crippen molar-refractivity contribution in [3.8, 4) is 0 Å². The van der Waals surface area contributed by atoms with Crippen molar-refractivity contribution in [1.82, 2.24) is 14.6 Å². The monoisotopic (exact) mass is 163 g/mol. The molecule has 2 aromatic heterocycles. The van der Waals surface area contributed by atoms with Gasteiger partial charge in [-0.25, -0.2) is 9.97 Å². The molecule has 2 aromatic rings. The van der Waals surface area contributed by atoms with Crippen molar-refractivity contribution >= 4 is 16.9 Å². The fourth-order valence-electron chi connectivity index (χ4n) is 1.17. The Hall–Kier alpha value is -1.78. The highest BCUT2D eigenvalue weighted by Gasteiger charge is 2.03. The Kier molecular flexibility index (Phi) is 1.36. The first-order valence-electron chi connectivity index (χ1n) is 3.58. The molecule has 0 atom stereocenters. The van der Waals surface area contributed by atoms with Crippen LogP contribution in [0.15, 0.2) is 18.6 Å². The van der Waals surface area contributed by atoms with E-state index in [2.05, 4.69) is 15.3 Å². The number of rotatable bonds is 1. The normalized spacial score (nSPS) is 10.4. The largest absolute Gasteiger partial charge is 0.372 e. The lowest BCUT2D eigenvalue weighted by molar-refractivity contribution is 1.03. The molecule has 0 aliphatic heterocycles. The molecule has 5 heteroatoms. The Morgan fingerprint density at radius 1 is 1.50 bits per heavy atom. The smallest absolute Gasteiger partial charge is 0.163 e. The van der Waals surface area contributed by atoms with Gasteiger partial charge in [0.25, 0.3) is 0 Å². The SMILES string of the molecule is CNc1ncnc2c1ccn2N. The second kappa shape index (κ2) is 2.37. The Bertz CT molecular complexity index is 405. The average Bonchev–Trinajstić information content (AvgIpc) is 2.48. The van der Waals surface area contributed by atoms with Gasteiger partial charge < -0.3 is 11.2 Å². The van der Waals surface area contributed by atoms with E-state index in [9.17, 15) is 0 Å². The fraction of sp³-hybridized carbons (Fsp3) is 0.143. The van der Waals surface area contributed by atoms with Crippen LogP contribution in [-0.2, 0) is 0 Å². The van der Waals surface area contributed by atoms with Gasteiger partial charge in [-0.15, -0.1) is 0 Å². The Balaban J connectivity index is 2.81. The third-order valence-electron chi connectivity index (χ3n) is 1.75. The molecule has 0 bridgehead atoms. The summed E-state index contributed by atoms with van der Waals surface area (Å²) in [5.74, 6) is 6.39. The quantitative estimate of drug-likeness (QED) is 0.589. The number of anilines is 1. The van der Waals surface area contributed by atoms with Crippen molar-refractivity contribution in [3.63, 3.8) is 0 Å². The molecule has 0 radical (unpaired) electrons. The van der Waals surface area contributed by atoms with Crippen LogP contribution in [0.1, 0.15) is 0 Å². The third-order valence-corrected chi connectivity index (χ3v) is 1.75. The Morgan fingerprint density at radius 2 is 2.33 bits per heavy atom. The Labute approximate surface area is 69.2 Å². The van der Waals surface area contributed by atoms with E-state index in [0.717, 1.165) is 16.9 Å². The van der Waals surface area contributed by atoms with E-state index >= 15 is 0 Å². The molecule has 0 aromatic carbocycles. The van der Waals surface area contributed by atoms with Crippen molar-refractivity contribution < 1.29 is 0 Å². The van der Waals surface area contributed by atoms with E-state index in [1.807, 2.05) is 13.1 Å². The van der Waals surface area contributed by atoms with E-state index in [-0.39, 0.29) is 0 Å². The first-order valence-corrected chi connectivity index (χ1v) is 3.58. The summed E-state index contributed by atoms with van der Waals surface area (Å²) in [5.41, 5.74) is 0.731. The summed E-state index contributed by atoms with van der Waals surface area (Å²) in [6, 6.07) is 1.88. The maximum Gasteiger partial charge on any atom is 0.163 e. The van der Waals surface area contributed by atoms with Crippen LogP contribution in [0.4, 0.5) is 5.82 Å². The summed E-state index contributed by atoms with van der Waals surface area (Å²) in [5, 5.41) is 3.90. The summed E-state index contributed by atoms with van der Waals surface area (Å²) in [4.78, 5) is 8.08. The molecule has 0 amide bonds. The molecule has 0 aliphatic rings. The van der Waals surface area contributed by atoms with Gasteiger partial charge in [-0.1, -0.05) is 0 Å². The van der Waals surface area contributed by atoms with Crippen LogP contribution in [0.5, 0.6) is 0 Å². The minimum atomic E-state index is 0.731. The molecule has 0 aliphatic carbocycles. The zero-order valence-electron chi connectivity index (χ0n) is 6.65. The van der Waals surface area contributed by atoms with Gasteiger partial charge in [0, 0.05) is 13.2 Å². The van der Waals surface area contributed by atoms with Gasteiger partial charge in [0.15, 0.2) is 5.65 Å². The minimum absolute atomic E-state index is 0.731. The lowest BCUT2D eigenvalue weighted by Gasteiger charge is -1.99. The van der Waals surface area contributed by atoms with Gasteiger partial charge in [-0.05, 0) is 6.07 Å². The Morgan fingerprint density at radius 3 is 3.08 bits per heavy atom. The zero-order chi connectivity index (χ0) is 8.55. The number of nitrogen functional groups attached to an aromatic ring is 1. The predicted molar refractivity (Wildman–Crippen MR) is 47.2 cm³/mol. The zero-order valence-corrected chi connectivity index (χ0v) is 6.65. The van der Waals surface area contributed by atoms with Crippen LogP contribution < -0.4 is 11.2 Å². The third kappa shape index (κ3) is 0.795. The van der Waals surface area contributed by atoms with Crippen LogP contribution in [0.25, 0.3) is 11.0 Å². The summed E-state index contributed by atoms with van der Waals surface area (Å²) in [6.45, 7) is 0. The molecule has 3 N–H and O–H groups in total. The van der Waals surface area contributed by atoms with Gasteiger partial charge in [0.2, 0.25) is 0 Å². The summed E-state index contributed by atoms with van der Waals surface area (Å²) in [7, 11) is 1.82. The standard InChI is InChI=1S/C7H9N5/c1-9-6-5-2-3-12(8)7(5)11-4-10-6/h2-4H,8H2,1H3,(H,9,10,11). The van der Waals surface area contributed by atoms with Gasteiger partial charge in [0.05, 0.1) is 5.39 Å². The highest BCUT2D eigenvalue weighted by atomic mass is 15.3. The van der Waals surface area contributed by atoms with Crippen molar-refractivity contribution in [1.29, 1.82) is 0 Å². The number of fused-ring (bicyclic) bond motifs is 1. The number of hydrogen-bond donors (Lipinski definition) is 2. The first-order chi connectivity index (χ1) is 5.83. The van der Waals surface area contributed by atoms with E-state index in [1.165, 1.54) is 11.0 Å². The van der Waals surface area contributed by atoms with Crippen LogP contribution >= 0.6 is 0 Å². The summed E-state index contributed by atoms with van der Waals surface area (Å²) in [6.07, 6.45) is 3.23. The van der Waals surface area contributed by atoms with E-state index in [1.54, 1.807) is 6.20 Å². The van der Waals surface area contributed by atoms with Gasteiger partial charge in [0.1, 0.15) is 12.1 Å². The van der Waals surface area contributed by atoms with Gasteiger partial charge in [-0.3, -0.25) is 4.68 Å². The fourth-order valence-corrected chi connectivity index (χ4v) is 1.17. The van der Waals surface area contributed by atoms with E-state index in [4.69, 9.17) is 5.84 Å². The number of nitrogens with zero attached hydrogens (tertiary/aromatic N) is 3. The molecule has 5 nitrogen and oxygen atoms in total. The summed E-state index contributed by atoms with van der Waals surface area (Å²) >= 11 is 0. The molecular weight excluding hydrogens is 154 g/mol. The lowest BCUT2D eigenvalue weighted by Crippen LogP contribution is -2.06. The van der Waals surface area contributed by atoms with Gasteiger partial charge in [-0.2, -0.15) is 0 Å². The molecule has 2 heterocycles. The number of aromatic nitrogens is 3. The molecular formula is C7H9N5. The first kappa shape index (κ1) is 6.90.